The van der Waals surface area contributed by atoms with Gasteiger partial charge in [0, 0.05) is 25.7 Å². The number of nitrogens with two attached hydrogens (primary N) is 1. The predicted octanol–water partition coefficient (Wildman–Crippen LogP) is 4.36. The average Bonchev–Trinajstić information content (AvgIpc) is 3.20. The number of likely N-dealkylation sites (N-methyl/N-ethyl adjacent to an activating group) is 1. The van der Waals surface area contributed by atoms with Gasteiger partial charge in [0.2, 0.25) is 0 Å². The van der Waals surface area contributed by atoms with Crippen molar-refractivity contribution < 1.29 is 4.79 Å². The number of hydrogen-bond donors (Lipinski definition) is 1. The van der Waals surface area contributed by atoms with Crippen LogP contribution in [-0.4, -0.2) is 48.3 Å². The monoisotopic (exact) mass is 438 g/mol. The molecule has 33 heavy (non-hydrogen) atoms. The van der Waals surface area contributed by atoms with Gasteiger partial charge < -0.3 is 15.5 Å². The molecule has 0 aliphatic carbocycles. The first kappa shape index (κ1) is 21.3. The number of carbonyl (C=O) groups excluding carboxylic acids is 1. The molecule has 5 nitrogen and oxygen atoms in total. The second-order valence-corrected chi connectivity index (χ2v) is 9.13. The lowest BCUT2D eigenvalue weighted by Gasteiger charge is -2.41. The Balaban J connectivity index is 1.43. The van der Waals surface area contributed by atoms with Crippen molar-refractivity contribution in [3.8, 4) is 11.1 Å². The first-order chi connectivity index (χ1) is 16.1. The molecular formula is C28H30N4O. The van der Waals surface area contributed by atoms with Gasteiger partial charge in [-0.15, -0.1) is 0 Å². The molecule has 2 aliphatic rings. The van der Waals surface area contributed by atoms with E-state index < -0.39 is 5.54 Å². The molecule has 1 atom stereocenters. The van der Waals surface area contributed by atoms with E-state index in [-0.39, 0.29) is 5.91 Å². The van der Waals surface area contributed by atoms with E-state index in [4.69, 9.17) is 10.7 Å². The predicted molar refractivity (Wildman–Crippen MR) is 133 cm³/mol. The van der Waals surface area contributed by atoms with Crippen LogP contribution in [0, 0.1) is 5.92 Å². The molecule has 3 aromatic carbocycles. The summed E-state index contributed by atoms with van der Waals surface area (Å²) >= 11 is 0. The fraction of sp³-hybridized carbons (Fsp3) is 0.286. The Labute approximate surface area is 195 Å². The molecule has 1 saturated heterocycles. The van der Waals surface area contributed by atoms with Gasteiger partial charge in [-0.05, 0) is 53.6 Å². The minimum atomic E-state index is -0.397. The Morgan fingerprint density at radius 2 is 1.55 bits per heavy atom. The summed E-state index contributed by atoms with van der Waals surface area (Å²) < 4.78 is 0. The SMILES string of the molecule is CN1CC(c2cccc(-c3ccccc3)c2)(C2CCN(C(=O)c3ccccc3)CC2)N=C1N. The topological polar surface area (TPSA) is 61.9 Å². The summed E-state index contributed by atoms with van der Waals surface area (Å²) in [6.45, 7) is 2.23. The molecule has 0 bridgehead atoms. The van der Waals surface area contributed by atoms with Crippen LogP contribution in [0.25, 0.3) is 11.1 Å². The van der Waals surface area contributed by atoms with Crippen molar-refractivity contribution in [3.05, 3.63) is 96.1 Å². The standard InChI is InChI=1S/C28H30N4O/c1-31-20-28(30-27(31)29,25-14-8-13-23(19-25)21-9-4-2-5-10-21)24-15-17-32(18-16-24)26(33)22-11-6-3-7-12-22/h2-14,19,24H,15-18,20H2,1H3,(H2,29,30). The summed E-state index contributed by atoms with van der Waals surface area (Å²) in [7, 11) is 2.01. The van der Waals surface area contributed by atoms with E-state index in [0.29, 0.717) is 11.9 Å². The molecule has 1 unspecified atom stereocenters. The third-order valence-electron chi connectivity index (χ3n) is 7.13. The number of aliphatic imine (C=N–C) groups is 1. The molecule has 3 aromatic rings. The van der Waals surface area contributed by atoms with Crippen LogP contribution in [0.2, 0.25) is 0 Å². The molecule has 1 amide bonds. The number of rotatable bonds is 4. The van der Waals surface area contributed by atoms with Gasteiger partial charge in [-0.25, -0.2) is 4.99 Å². The van der Waals surface area contributed by atoms with Gasteiger partial charge >= 0.3 is 0 Å². The molecular weight excluding hydrogens is 408 g/mol. The van der Waals surface area contributed by atoms with Crippen LogP contribution >= 0.6 is 0 Å². The Morgan fingerprint density at radius 1 is 0.909 bits per heavy atom. The van der Waals surface area contributed by atoms with Crippen molar-refractivity contribution in [2.45, 2.75) is 18.4 Å². The van der Waals surface area contributed by atoms with Crippen molar-refractivity contribution in [3.63, 3.8) is 0 Å². The molecule has 0 radical (unpaired) electrons. The third kappa shape index (κ3) is 3.99. The number of guanidine groups is 1. The van der Waals surface area contributed by atoms with Crippen molar-refractivity contribution >= 4 is 11.9 Å². The van der Waals surface area contributed by atoms with E-state index in [0.717, 1.165) is 38.0 Å². The van der Waals surface area contributed by atoms with Gasteiger partial charge in [-0.1, -0.05) is 66.7 Å². The maximum Gasteiger partial charge on any atom is 0.253 e. The first-order valence-corrected chi connectivity index (χ1v) is 11.6. The summed E-state index contributed by atoms with van der Waals surface area (Å²) in [4.78, 5) is 22.1. The quantitative estimate of drug-likeness (QED) is 0.658. The fourth-order valence-corrected chi connectivity index (χ4v) is 5.30. The van der Waals surface area contributed by atoms with Crippen LogP contribution < -0.4 is 5.73 Å². The second kappa shape index (κ2) is 8.74. The molecule has 0 spiro atoms. The maximum atomic E-state index is 13.0. The zero-order valence-corrected chi connectivity index (χ0v) is 19.0. The molecule has 0 saturated carbocycles. The number of nitrogens with zero attached hydrogens (tertiary/aromatic N) is 3. The molecule has 5 heteroatoms. The lowest BCUT2D eigenvalue weighted by molar-refractivity contribution is 0.0634. The molecule has 2 aliphatic heterocycles. The van der Waals surface area contributed by atoms with Crippen molar-refractivity contribution in [1.82, 2.24) is 9.80 Å². The molecule has 2 heterocycles. The van der Waals surface area contributed by atoms with E-state index in [1.54, 1.807) is 0 Å². The van der Waals surface area contributed by atoms with Crippen LogP contribution in [0.1, 0.15) is 28.8 Å². The summed E-state index contributed by atoms with van der Waals surface area (Å²) in [5, 5.41) is 0. The molecule has 2 N–H and O–H groups in total. The number of amides is 1. The molecule has 5 rings (SSSR count). The van der Waals surface area contributed by atoms with Crippen LogP contribution in [0.3, 0.4) is 0 Å². The largest absolute Gasteiger partial charge is 0.370 e. The van der Waals surface area contributed by atoms with Crippen LogP contribution in [0.15, 0.2) is 89.9 Å². The van der Waals surface area contributed by atoms with Gasteiger partial charge in [-0.2, -0.15) is 0 Å². The molecule has 1 fully saturated rings. The fourth-order valence-electron chi connectivity index (χ4n) is 5.30. The Hall–Kier alpha value is -3.60. The molecule has 0 aromatic heterocycles. The van der Waals surface area contributed by atoms with E-state index in [9.17, 15) is 4.79 Å². The number of benzene rings is 3. The second-order valence-electron chi connectivity index (χ2n) is 9.13. The smallest absolute Gasteiger partial charge is 0.253 e. The molecule has 168 valence electrons. The number of hydrogen-bond acceptors (Lipinski definition) is 4. The third-order valence-corrected chi connectivity index (χ3v) is 7.13. The normalized spacial score (nSPS) is 21.2. The summed E-state index contributed by atoms with van der Waals surface area (Å²) in [6, 6.07) is 28.7. The van der Waals surface area contributed by atoms with Gasteiger partial charge in [-0.3, -0.25) is 4.79 Å². The summed E-state index contributed by atoms with van der Waals surface area (Å²) in [6.07, 6.45) is 1.80. The van der Waals surface area contributed by atoms with Crippen LogP contribution in [-0.2, 0) is 5.54 Å². The number of likely N-dealkylation sites (tertiary alicyclic amines) is 1. The first-order valence-electron chi connectivity index (χ1n) is 11.6. The summed E-state index contributed by atoms with van der Waals surface area (Å²) in [5.74, 6) is 1.01. The van der Waals surface area contributed by atoms with Crippen molar-refractivity contribution in [2.24, 2.45) is 16.6 Å². The highest BCUT2D eigenvalue weighted by Crippen LogP contribution is 2.44. The van der Waals surface area contributed by atoms with E-state index in [1.807, 2.05) is 48.3 Å². The zero-order chi connectivity index (χ0) is 22.8. The van der Waals surface area contributed by atoms with Gasteiger partial charge in [0.05, 0.1) is 6.54 Å². The Bertz CT molecular complexity index is 1150. The van der Waals surface area contributed by atoms with Crippen LogP contribution in [0.4, 0.5) is 0 Å². The average molecular weight is 439 g/mol. The zero-order valence-electron chi connectivity index (χ0n) is 19.0. The highest BCUT2D eigenvalue weighted by Gasteiger charge is 2.47. The van der Waals surface area contributed by atoms with E-state index in [1.165, 1.54) is 16.7 Å². The highest BCUT2D eigenvalue weighted by molar-refractivity contribution is 5.94. The lowest BCUT2D eigenvalue weighted by atomic mass is 9.73. The van der Waals surface area contributed by atoms with Crippen molar-refractivity contribution in [2.75, 3.05) is 26.7 Å². The van der Waals surface area contributed by atoms with Gasteiger partial charge in [0.15, 0.2) is 5.96 Å². The van der Waals surface area contributed by atoms with Gasteiger partial charge in [0.1, 0.15) is 5.54 Å². The minimum absolute atomic E-state index is 0.112. The number of piperidine rings is 1. The maximum absolute atomic E-state index is 13.0. The summed E-state index contributed by atoms with van der Waals surface area (Å²) in [5.41, 5.74) is 10.2. The highest BCUT2D eigenvalue weighted by atomic mass is 16.2. The van der Waals surface area contributed by atoms with E-state index in [2.05, 4.69) is 53.4 Å². The van der Waals surface area contributed by atoms with Gasteiger partial charge in [0.25, 0.3) is 5.91 Å². The Morgan fingerprint density at radius 3 is 2.18 bits per heavy atom. The Kier molecular flexibility index (Phi) is 5.63. The number of carbonyl (C=O) groups is 1. The lowest BCUT2D eigenvalue weighted by Crippen LogP contribution is -2.46. The van der Waals surface area contributed by atoms with Crippen LogP contribution in [0.5, 0.6) is 0 Å². The minimum Gasteiger partial charge on any atom is -0.370 e. The van der Waals surface area contributed by atoms with E-state index >= 15 is 0 Å². The van der Waals surface area contributed by atoms with Crippen molar-refractivity contribution in [1.29, 1.82) is 0 Å².